The van der Waals surface area contributed by atoms with Crippen LogP contribution in [0, 0.1) is 11.7 Å². The average molecular weight is 600 g/mol. The molecule has 7 nitrogen and oxygen atoms in total. The molecule has 4 aromatic rings. The van der Waals surface area contributed by atoms with Crippen LogP contribution < -0.4 is 10.0 Å². The van der Waals surface area contributed by atoms with Crippen LogP contribution in [0.2, 0.25) is 10.0 Å². The Morgan fingerprint density at radius 2 is 1.48 bits per heavy atom. The number of amides is 1. The first kappa shape index (κ1) is 28.0. The second-order valence-corrected chi connectivity index (χ2v) is 12.3. The van der Waals surface area contributed by atoms with Gasteiger partial charge in [-0.1, -0.05) is 47.5 Å². The van der Waals surface area contributed by atoms with Gasteiger partial charge in [0, 0.05) is 52.7 Å². The number of nitrogens with zero attached hydrogens (tertiary/aromatic N) is 2. The number of pyridine rings is 1. The lowest BCUT2D eigenvalue weighted by atomic mass is 9.91. The molecule has 0 radical (unpaired) electrons. The first-order valence-corrected chi connectivity index (χ1v) is 14.8. The van der Waals surface area contributed by atoms with Crippen LogP contribution in [0.4, 0.5) is 15.8 Å². The Morgan fingerprint density at radius 1 is 0.900 bits per heavy atom. The van der Waals surface area contributed by atoms with E-state index in [-0.39, 0.29) is 29.0 Å². The van der Waals surface area contributed by atoms with E-state index in [0.717, 1.165) is 23.3 Å². The van der Waals surface area contributed by atoms with Gasteiger partial charge in [-0.15, -0.1) is 0 Å². The van der Waals surface area contributed by atoms with E-state index in [1.54, 1.807) is 12.1 Å². The van der Waals surface area contributed by atoms with Crippen LogP contribution in [0.25, 0.3) is 0 Å². The van der Waals surface area contributed by atoms with Crippen LogP contribution in [0.15, 0.2) is 91.3 Å². The molecule has 1 fully saturated rings. The number of nitrogens with one attached hydrogen (secondary N) is 2. The second-order valence-electron chi connectivity index (χ2n) is 9.63. The summed E-state index contributed by atoms with van der Waals surface area (Å²) in [5.74, 6) is -1.59. The van der Waals surface area contributed by atoms with Crippen molar-refractivity contribution in [2.24, 2.45) is 5.92 Å². The number of hydrogen-bond donors (Lipinski definition) is 2. The third-order valence-electron chi connectivity index (χ3n) is 6.55. The number of carbonyl (C=O) groups excluding carboxylic acids is 1. The Bertz CT molecular complexity index is 1550. The predicted octanol–water partition coefficient (Wildman–Crippen LogP) is 6.24. The van der Waals surface area contributed by atoms with E-state index in [1.165, 1.54) is 18.5 Å². The molecule has 0 bridgehead atoms. The van der Waals surface area contributed by atoms with E-state index in [1.807, 2.05) is 48.5 Å². The zero-order chi connectivity index (χ0) is 28.3. The van der Waals surface area contributed by atoms with Crippen molar-refractivity contribution in [3.63, 3.8) is 0 Å². The van der Waals surface area contributed by atoms with Crippen molar-refractivity contribution in [2.45, 2.75) is 6.04 Å². The second kappa shape index (κ2) is 11.9. The van der Waals surface area contributed by atoms with Crippen molar-refractivity contribution in [1.82, 2.24) is 9.88 Å². The number of benzene rings is 3. The maximum absolute atomic E-state index is 14.3. The summed E-state index contributed by atoms with van der Waals surface area (Å²) in [6.07, 6.45) is 3.02. The summed E-state index contributed by atoms with van der Waals surface area (Å²) >= 11 is 12.2. The zero-order valence-electron chi connectivity index (χ0n) is 21.1. The molecule has 1 aliphatic rings. The number of sulfonamides is 1. The SMILES string of the molecule is O=C(Nc1ccncc1)c1cc(F)cc(NS(=O)(=O)CC2CN(C(c3ccc(Cl)cc3)c3ccc(Cl)cc3)C2)c1. The molecule has 0 spiro atoms. The number of halogens is 3. The molecule has 1 aliphatic heterocycles. The summed E-state index contributed by atoms with van der Waals surface area (Å²) in [4.78, 5) is 18.7. The highest BCUT2D eigenvalue weighted by Crippen LogP contribution is 2.36. The number of hydrogen-bond acceptors (Lipinski definition) is 5. The Labute approximate surface area is 242 Å². The molecule has 0 aliphatic carbocycles. The van der Waals surface area contributed by atoms with Crippen molar-refractivity contribution >= 4 is 50.5 Å². The van der Waals surface area contributed by atoms with E-state index in [9.17, 15) is 17.6 Å². The summed E-state index contributed by atoms with van der Waals surface area (Å²) in [5.41, 5.74) is 2.51. The summed E-state index contributed by atoms with van der Waals surface area (Å²) < 4.78 is 42.7. The van der Waals surface area contributed by atoms with Gasteiger partial charge in [0.1, 0.15) is 5.82 Å². The molecule has 11 heteroatoms. The third-order valence-corrected chi connectivity index (χ3v) is 8.51. The van der Waals surface area contributed by atoms with E-state index in [0.29, 0.717) is 28.8 Å². The maximum Gasteiger partial charge on any atom is 0.255 e. The Kier molecular flexibility index (Phi) is 8.37. The third kappa shape index (κ3) is 6.98. The van der Waals surface area contributed by atoms with E-state index in [4.69, 9.17) is 23.2 Å². The summed E-state index contributed by atoms with van der Waals surface area (Å²) in [6, 6.07) is 21.6. The van der Waals surface area contributed by atoms with Crippen molar-refractivity contribution in [2.75, 3.05) is 28.9 Å². The van der Waals surface area contributed by atoms with E-state index < -0.39 is 21.7 Å². The number of likely N-dealkylation sites (tertiary alicyclic amines) is 1. The molecule has 1 aromatic heterocycles. The highest BCUT2D eigenvalue weighted by Gasteiger charge is 2.36. The van der Waals surface area contributed by atoms with Crippen LogP contribution >= 0.6 is 23.2 Å². The van der Waals surface area contributed by atoms with Gasteiger partial charge in [-0.2, -0.15) is 0 Å². The monoisotopic (exact) mass is 598 g/mol. The number of aromatic nitrogens is 1. The van der Waals surface area contributed by atoms with Gasteiger partial charge in [0.2, 0.25) is 10.0 Å². The highest BCUT2D eigenvalue weighted by molar-refractivity contribution is 7.92. The highest BCUT2D eigenvalue weighted by atomic mass is 35.5. The van der Waals surface area contributed by atoms with Gasteiger partial charge in [-0.3, -0.25) is 19.4 Å². The first-order valence-electron chi connectivity index (χ1n) is 12.4. The lowest BCUT2D eigenvalue weighted by Gasteiger charge is -2.44. The molecule has 1 saturated heterocycles. The smallest absolute Gasteiger partial charge is 0.255 e. The lowest BCUT2D eigenvalue weighted by molar-refractivity contribution is 0.0813. The van der Waals surface area contributed by atoms with Gasteiger partial charge in [-0.25, -0.2) is 12.8 Å². The minimum Gasteiger partial charge on any atom is -0.322 e. The number of carbonyl (C=O) groups is 1. The largest absolute Gasteiger partial charge is 0.322 e. The minimum atomic E-state index is -3.82. The lowest BCUT2D eigenvalue weighted by Crippen LogP contribution is -2.51. The Hall–Kier alpha value is -3.50. The average Bonchev–Trinajstić information content (AvgIpc) is 2.89. The van der Waals surface area contributed by atoms with E-state index >= 15 is 0 Å². The summed E-state index contributed by atoms with van der Waals surface area (Å²) in [5, 5.41) is 3.90. The Balaban J connectivity index is 1.25. The van der Waals surface area contributed by atoms with Gasteiger partial charge in [0.05, 0.1) is 17.5 Å². The molecule has 0 unspecified atom stereocenters. The summed E-state index contributed by atoms with van der Waals surface area (Å²) in [6.45, 7) is 1.08. The quantitative estimate of drug-likeness (QED) is 0.238. The molecule has 5 rings (SSSR count). The van der Waals surface area contributed by atoms with Gasteiger partial charge in [0.25, 0.3) is 5.91 Å². The van der Waals surface area contributed by atoms with Crippen LogP contribution in [0.1, 0.15) is 27.5 Å². The van der Waals surface area contributed by atoms with Gasteiger partial charge >= 0.3 is 0 Å². The van der Waals surface area contributed by atoms with Crippen LogP contribution in [-0.2, 0) is 10.0 Å². The predicted molar refractivity (Wildman–Crippen MR) is 156 cm³/mol. The molecular formula is C29H25Cl2FN4O3S. The fourth-order valence-electron chi connectivity index (χ4n) is 4.78. The van der Waals surface area contributed by atoms with Gasteiger partial charge in [-0.05, 0) is 65.7 Å². The number of anilines is 2. The molecular weight excluding hydrogens is 574 g/mol. The van der Waals surface area contributed by atoms with Crippen molar-refractivity contribution in [3.8, 4) is 0 Å². The van der Waals surface area contributed by atoms with Crippen molar-refractivity contribution < 1.29 is 17.6 Å². The molecule has 40 heavy (non-hydrogen) atoms. The Morgan fingerprint density at radius 3 is 2.05 bits per heavy atom. The molecule has 3 aromatic carbocycles. The molecule has 2 heterocycles. The fraction of sp³-hybridized carbons (Fsp3) is 0.172. The molecule has 1 amide bonds. The normalized spacial score (nSPS) is 14.1. The standard InChI is InChI=1S/C29H25Cl2FN4O3S/c30-23-5-1-20(2-6-23)28(21-3-7-24(31)8-4-21)36-16-19(17-36)18-40(38,39)35-27-14-22(13-25(32)15-27)29(37)34-26-9-11-33-12-10-26/h1-15,19,28,35H,16-18H2,(H,33,34,37). The van der Waals surface area contributed by atoms with Crippen molar-refractivity contribution in [1.29, 1.82) is 0 Å². The van der Waals surface area contributed by atoms with Crippen LogP contribution in [-0.4, -0.2) is 43.1 Å². The number of rotatable bonds is 9. The molecule has 0 saturated carbocycles. The maximum atomic E-state index is 14.3. The fourth-order valence-corrected chi connectivity index (χ4v) is 6.42. The van der Waals surface area contributed by atoms with E-state index in [2.05, 4.69) is 19.9 Å². The zero-order valence-corrected chi connectivity index (χ0v) is 23.4. The van der Waals surface area contributed by atoms with Gasteiger partial charge in [0.15, 0.2) is 0 Å². The van der Waals surface area contributed by atoms with Gasteiger partial charge < -0.3 is 5.32 Å². The molecule has 2 N–H and O–H groups in total. The van der Waals surface area contributed by atoms with Crippen LogP contribution in [0.5, 0.6) is 0 Å². The van der Waals surface area contributed by atoms with Crippen molar-refractivity contribution in [3.05, 3.63) is 124 Å². The minimum absolute atomic E-state index is 0.0156. The molecule has 0 atom stereocenters. The summed E-state index contributed by atoms with van der Waals surface area (Å²) in [7, 11) is -3.82. The first-order chi connectivity index (χ1) is 19.1. The van der Waals surface area contributed by atoms with Crippen LogP contribution in [0.3, 0.4) is 0 Å². The topological polar surface area (TPSA) is 91.4 Å². The molecule has 206 valence electrons.